The number of hydrogen-bond acceptors (Lipinski definition) is 8. The first kappa shape index (κ1) is 23.0. The van der Waals surface area contributed by atoms with Gasteiger partial charge in [0.15, 0.2) is 22.0 Å². The van der Waals surface area contributed by atoms with Gasteiger partial charge >= 0.3 is 0 Å². The number of nitrogens with one attached hydrogen (secondary N) is 1. The van der Waals surface area contributed by atoms with Crippen LogP contribution in [-0.4, -0.2) is 35.1 Å². The molecule has 8 nitrogen and oxygen atoms in total. The Morgan fingerprint density at radius 1 is 1.03 bits per heavy atom. The standard InChI is InChI=1S/C25H22N4O4S2/c1-14-27-15(13-35(14)4)9-24(30)29-25-28-18-6-5-16(10-23(18)34-25)33-20-7-8-26-19-12-22(32-3)21(31-2)11-17(19)20/h5-8,10-13H,9H2,1-4H3/p+1. The van der Waals surface area contributed by atoms with E-state index in [9.17, 15) is 4.79 Å². The second kappa shape index (κ2) is 9.47. The molecule has 5 rings (SSSR count). The Balaban J connectivity index is 1.37. The van der Waals surface area contributed by atoms with Gasteiger partial charge in [0.05, 0.1) is 36.4 Å². The van der Waals surface area contributed by atoms with Gasteiger partial charge in [-0.15, -0.1) is 0 Å². The van der Waals surface area contributed by atoms with Gasteiger partial charge in [-0.25, -0.2) is 9.97 Å². The van der Waals surface area contributed by atoms with Crippen LogP contribution in [0.1, 0.15) is 10.7 Å². The van der Waals surface area contributed by atoms with Crippen molar-refractivity contribution in [1.82, 2.24) is 15.0 Å². The van der Waals surface area contributed by atoms with Crippen molar-refractivity contribution >= 4 is 54.0 Å². The number of fused-ring (bicyclic) bond motifs is 2. The van der Waals surface area contributed by atoms with E-state index in [1.807, 2.05) is 42.6 Å². The van der Waals surface area contributed by atoms with Gasteiger partial charge in [-0.05, 0) is 34.7 Å². The van der Waals surface area contributed by atoms with Crippen molar-refractivity contribution in [3.05, 3.63) is 58.7 Å². The molecule has 0 aliphatic heterocycles. The van der Waals surface area contributed by atoms with Crippen molar-refractivity contribution in [3.8, 4) is 23.0 Å². The lowest BCUT2D eigenvalue weighted by atomic mass is 10.2. The van der Waals surface area contributed by atoms with Crippen LogP contribution >= 0.6 is 21.8 Å². The van der Waals surface area contributed by atoms with Crippen LogP contribution < -0.4 is 19.5 Å². The molecule has 2 aromatic carbocycles. The first-order chi connectivity index (χ1) is 16.9. The second-order valence-electron chi connectivity index (χ2n) is 7.81. The highest BCUT2D eigenvalue weighted by molar-refractivity contribution is 7.27. The predicted octanol–water partition coefficient (Wildman–Crippen LogP) is 5.82. The predicted molar refractivity (Wildman–Crippen MR) is 139 cm³/mol. The van der Waals surface area contributed by atoms with E-state index in [0.29, 0.717) is 28.1 Å². The Hall–Kier alpha value is -3.76. The summed E-state index contributed by atoms with van der Waals surface area (Å²) < 4.78 is 17.9. The zero-order valence-electron chi connectivity index (χ0n) is 19.6. The van der Waals surface area contributed by atoms with E-state index in [1.54, 1.807) is 26.5 Å². The SMILES string of the molecule is COc1cc2nccc(Oc3ccc4nc(NC(=O)Cc5c[s+](C)c(C)n5)sc4c3)c2cc1OC. The molecule has 35 heavy (non-hydrogen) atoms. The van der Waals surface area contributed by atoms with Crippen LogP contribution in [0.3, 0.4) is 0 Å². The van der Waals surface area contributed by atoms with Crippen LogP contribution in [0, 0.1) is 6.92 Å². The van der Waals surface area contributed by atoms with E-state index in [-0.39, 0.29) is 22.8 Å². The summed E-state index contributed by atoms with van der Waals surface area (Å²) in [5.41, 5.74) is 2.32. The third-order valence-electron chi connectivity index (χ3n) is 5.46. The van der Waals surface area contributed by atoms with Crippen molar-refractivity contribution in [2.75, 3.05) is 19.5 Å². The number of aryl methyl sites for hydroxylation is 2. The molecule has 1 unspecified atom stereocenters. The van der Waals surface area contributed by atoms with Gasteiger partial charge in [0, 0.05) is 30.6 Å². The molecule has 0 aliphatic rings. The van der Waals surface area contributed by atoms with Gasteiger partial charge in [-0.3, -0.25) is 9.78 Å². The number of benzene rings is 2. The number of carbonyl (C=O) groups is 1. The number of aromatic nitrogens is 3. The number of hydrogen-bond donors (Lipinski definition) is 1. The third-order valence-corrected chi connectivity index (χ3v) is 8.04. The Labute approximate surface area is 208 Å². The third kappa shape index (κ3) is 4.75. The van der Waals surface area contributed by atoms with E-state index in [4.69, 9.17) is 14.2 Å². The molecule has 0 saturated carbocycles. The zero-order chi connectivity index (χ0) is 24.5. The molecular formula is C25H23N4O4S2+. The number of anilines is 1. The molecule has 5 aromatic rings. The maximum Gasteiger partial charge on any atom is 0.238 e. The monoisotopic (exact) mass is 507 g/mol. The van der Waals surface area contributed by atoms with Crippen LogP contribution in [-0.2, 0) is 17.5 Å². The quantitative estimate of drug-likeness (QED) is 0.277. The van der Waals surface area contributed by atoms with E-state index >= 15 is 0 Å². The maximum atomic E-state index is 12.5. The van der Waals surface area contributed by atoms with E-state index < -0.39 is 0 Å². The molecule has 0 spiro atoms. The minimum absolute atomic E-state index is 0.00844. The second-order valence-corrected chi connectivity index (χ2v) is 10.8. The number of carbonyl (C=O) groups excluding carboxylic acids is 1. The zero-order valence-corrected chi connectivity index (χ0v) is 21.3. The summed E-state index contributed by atoms with van der Waals surface area (Å²) in [6, 6.07) is 11.1. The fourth-order valence-electron chi connectivity index (χ4n) is 3.68. The van der Waals surface area contributed by atoms with Gasteiger partial charge in [-0.2, -0.15) is 0 Å². The van der Waals surface area contributed by atoms with Gasteiger partial charge in [0.25, 0.3) is 0 Å². The Bertz CT molecular complexity index is 1540. The molecule has 10 heteroatoms. The Kier molecular flexibility index (Phi) is 6.23. The summed E-state index contributed by atoms with van der Waals surface area (Å²) in [7, 11) is 3.19. The fourth-order valence-corrected chi connectivity index (χ4v) is 5.57. The van der Waals surface area contributed by atoms with E-state index in [2.05, 4.69) is 26.5 Å². The lowest BCUT2D eigenvalue weighted by Crippen LogP contribution is -2.14. The van der Waals surface area contributed by atoms with Crippen LogP contribution in [0.15, 0.2) is 48.0 Å². The molecule has 1 N–H and O–H groups in total. The molecule has 3 aromatic heterocycles. The number of nitrogens with zero attached hydrogens (tertiary/aromatic N) is 3. The number of ether oxygens (including phenoxy) is 3. The summed E-state index contributed by atoms with van der Waals surface area (Å²) in [6.07, 6.45) is 4.02. The van der Waals surface area contributed by atoms with Crippen molar-refractivity contribution in [1.29, 1.82) is 0 Å². The molecule has 0 saturated heterocycles. The smallest absolute Gasteiger partial charge is 0.238 e. The van der Waals surface area contributed by atoms with Gasteiger partial charge < -0.3 is 19.5 Å². The highest BCUT2D eigenvalue weighted by atomic mass is 32.2. The van der Waals surface area contributed by atoms with Crippen LogP contribution in [0.2, 0.25) is 0 Å². The van der Waals surface area contributed by atoms with E-state index in [1.165, 1.54) is 11.3 Å². The van der Waals surface area contributed by atoms with Crippen LogP contribution in [0.5, 0.6) is 23.0 Å². The van der Waals surface area contributed by atoms with Crippen molar-refractivity contribution in [2.45, 2.75) is 13.3 Å². The molecule has 0 aliphatic carbocycles. The highest BCUT2D eigenvalue weighted by Gasteiger charge is 2.16. The summed E-state index contributed by atoms with van der Waals surface area (Å²) >= 11 is 1.40. The summed E-state index contributed by atoms with van der Waals surface area (Å²) in [5, 5.41) is 7.34. The summed E-state index contributed by atoms with van der Waals surface area (Å²) in [4.78, 5) is 25.9. The first-order valence-corrected chi connectivity index (χ1v) is 13.2. The Morgan fingerprint density at radius 2 is 1.83 bits per heavy atom. The normalized spacial score (nSPS) is 11.6. The van der Waals surface area contributed by atoms with Gasteiger partial charge in [0.1, 0.15) is 23.4 Å². The average molecular weight is 508 g/mol. The van der Waals surface area contributed by atoms with Crippen LogP contribution in [0.25, 0.3) is 21.1 Å². The van der Waals surface area contributed by atoms with Crippen molar-refractivity contribution < 1.29 is 19.0 Å². The lowest BCUT2D eigenvalue weighted by Gasteiger charge is -2.12. The number of methoxy groups -OCH3 is 2. The molecule has 0 fully saturated rings. The molecule has 0 bridgehead atoms. The molecule has 3 heterocycles. The van der Waals surface area contributed by atoms with Crippen molar-refractivity contribution in [2.24, 2.45) is 6.26 Å². The number of rotatable bonds is 7. The summed E-state index contributed by atoms with van der Waals surface area (Å²) in [5.74, 6) is 2.36. The topological polar surface area (TPSA) is 95.5 Å². The Morgan fingerprint density at radius 3 is 2.57 bits per heavy atom. The van der Waals surface area contributed by atoms with Gasteiger partial charge in [-0.1, -0.05) is 11.3 Å². The summed E-state index contributed by atoms with van der Waals surface area (Å²) in [6.45, 7) is 1.99. The average Bonchev–Trinajstić information content (AvgIpc) is 3.38. The molecule has 178 valence electrons. The highest BCUT2D eigenvalue weighted by Crippen LogP contribution is 2.38. The van der Waals surface area contributed by atoms with Crippen molar-refractivity contribution in [3.63, 3.8) is 0 Å². The van der Waals surface area contributed by atoms with E-state index in [0.717, 1.165) is 31.8 Å². The van der Waals surface area contributed by atoms with Gasteiger partial charge in [0.2, 0.25) is 10.9 Å². The molecule has 1 amide bonds. The minimum Gasteiger partial charge on any atom is -0.493 e. The molecular weight excluding hydrogens is 484 g/mol. The number of amides is 1. The largest absolute Gasteiger partial charge is 0.493 e. The van der Waals surface area contributed by atoms with Crippen LogP contribution in [0.4, 0.5) is 5.13 Å². The lowest BCUT2D eigenvalue weighted by molar-refractivity contribution is -0.115. The first-order valence-electron chi connectivity index (χ1n) is 10.7. The number of thiazole rings is 2. The number of pyridine rings is 1. The molecule has 1 atom stereocenters. The fraction of sp³-hybridized carbons (Fsp3) is 0.200. The minimum atomic E-state index is -0.130. The maximum absolute atomic E-state index is 12.5. The molecule has 0 radical (unpaired) electrons.